The summed E-state index contributed by atoms with van der Waals surface area (Å²) in [4.78, 5) is 17.6. The summed E-state index contributed by atoms with van der Waals surface area (Å²) in [5.74, 6) is 1.21. The average molecular weight is 232 g/mol. The van der Waals surface area contributed by atoms with Crippen molar-refractivity contribution < 1.29 is 14.3 Å². The molecule has 0 radical (unpaired) electrons. The van der Waals surface area contributed by atoms with Gasteiger partial charge in [-0.1, -0.05) is 12.1 Å². The summed E-state index contributed by atoms with van der Waals surface area (Å²) in [6.45, 7) is 1.54. The Kier molecular flexibility index (Phi) is 2.44. The number of amides is 1. The fourth-order valence-corrected chi connectivity index (χ4v) is 1.87. The van der Waals surface area contributed by atoms with Gasteiger partial charge >= 0.3 is 0 Å². The van der Waals surface area contributed by atoms with Gasteiger partial charge in [0.1, 0.15) is 6.61 Å². The number of fused-ring (bicyclic) bond motifs is 1. The Hall–Kier alpha value is -2.04. The van der Waals surface area contributed by atoms with Crippen molar-refractivity contribution in [1.82, 2.24) is 4.90 Å². The molecular weight excluding hydrogens is 220 g/mol. The zero-order valence-electron chi connectivity index (χ0n) is 9.20. The molecule has 2 aliphatic heterocycles. The molecule has 17 heavy (non-hydrogen) atoms. The third kappa shape index (κ3) is 1.84. The average Bonchev–Trinajstić information content (AvgIpc) is 2.91. The van der Waals surface area contributed by atoms with Gasteiger partial charge in [-0.2, -0.15) is 0 Å². The predicted octanol–water partition coefficient (Wildman–Crippen LogP) is 0.697. The molecule has 2 aliphatic rings. The number of hydrogen-bond acceptors (Lipinski definition) is 4. The molecule has 2 heterocycles. The van der Waals surface area contributed by atoms with Crippen molar-refractivity contribution in [2.24, 2.45) is 4.99 Å². The van der Waals surface area contributed by atoms with Crippen LogP contribution in [0.1, 0.15) is 0 Å². The fourth-order valence-electron chi connectivity index (χ4n) is 1.87. The third-order valence-corrected chi connectivity index (χ3v) is 2.76. The summed E-state index contributed by atoms with van der Waals surface area (Å²) in [5.41, 5.74) is 0. The van der Waals surface area contributed by atoms with Crippen LogP contribution < -0.4 is 9.47 Å². The quantitative estimate of drug-likeness (QED) is 0.716. The molecule has 0 aliphatic carbocycles. The van der Waals surface area contributed by atoms with Crippen LogP contribution in [0, 0.1) is 0 Å². The van der Waals surface area contributed by atoms with Crippen molar-refractivity contribution in [3.8, 4) is 11.5 Å². The number of carbonyl (C=O) groups excluding carboxylic acids is 1. The third-order valence-electron chi connectivity index (χ3n) is 2.76. The van der Waals surface area contributed by atoms with Crippen molar-refractivity contribution in [2.45, 2.75) is 6.10 Å². The van der Waals surface area contributed by atoms with Crippen molar-refractivity contribution in [2.75, 3.05) is 19.7 Å². The second-order valence-electron chi connectivity index (χ2n) is 3.92. The minimum Gasteiger partial charge on any atom is -0.485 e. The van der Waals surface area contributed by atoms with Crippen molar-refractivity contribution in [3.63, 3.8) is 0 Å². The van der Waals surface area contributed by atoms with Crippen LogP contribution in [0.3, 0.4) is 0 Å². The van der Waals surface area contributed by atoms with Crippen molar-refractivity contribution >= 4 is 12.2 Å². The first-order chi connectivity index (χ1) is 8.34. The molecule has 5 nitrogen and oxygen atoms in total. The number of rotatable bonds is 1. The van der Waals surface area contributed by atoms with E-state index in [4.69, 9.17) is 9.47 Å². The molecule has 3 rings (SSSR count). The maximum Gasteiger partial charge on any atom is 0.272 e. The molecule has 5 heteroatoms. The van der Waals surface area contributed by atoms with Gasteiger partial charge in [0.05, 0.1) is 12.9 Å². The molecule has 1 amide bonds. The van der Waals surface area contributed by atoms with Gasteiger partial charge in [0.15, 0.2) is 11.5 Å². The largest absolute Gasteiger partial charge is 0.485 e. The predicted molar refractivity (Wildman–Crippen MR) is 61.4 cm³/mol. The van der Waals surface area contributed by atoms with Crippen molar-refractivity contribution in [3.05, 3.63) is 24.3 Å². The lowest BCUT2D eigenvalue weighted by molar-refractivity contribution is -0.136. The molecule has 1 aromatic carbocycles. The van der Waals surface area contributed by atoms with Crippen LogP contribution in [0.4, 0.5) is 0 Å². The van der Waals surface area contributed by atoms with Gasteiger partial charge in [0, 0.05) is 6.54 Å². The maximum atomic E-state index is 12.0. The van der Waals surface area contributed by atoms with Gasteiger partial charge in [0.25, 0.3) is 5.91 Å². The van der Waals surface area contributed by atoms with E-state index in [0.717, 1.165) is 0 Å². The lowest BCUT2D eigenvalue weighted by atomic mass is 10.2. The fraction of sp³-hybridized carbons (Fsp3) is 0.333. The van der Waals surface area contributed by atoms with Gasteiger partial charge in [0.2, 0.25) is 6.10 Å². The first kappa shape index (κ1) is 10.1. The summed E-state index contributed by atoms with van der Waals surface area (Å²) in [5, 5.41) is 0. The van der Waals surface area contributed by atoms with Crippen LogP contribution in [0.5, 0.6) is 11.5 Å². The number of para-hydroxylation sites is 2. The number of benzene rings is 1. The summed E-state index contributed by atoms with van der Waals surface area (Å²) in [6, 6.07) is 7.35. The zero-order valence-corrected chi connectivity index (χ0v) is 9.20. The normalized spacial score (nSPS) is 21.6. The van der Waals surface area contributed by atoms with E-state index in [2.05, 4.69) is 4.99 Å². The van der Waals surface area contributed by atoms with Gasteiger partial charge in [-0.05, 0) is 12.1 Å². The van der Waals surface area contributed by atoms with E-state index in [1.807, 2.05) is 18.2 Å². The molecule has 0 spiro atoms. The van der Waals surface area contributed by atoms with E-state index in [-0.39, 0.29) is 12.5 Å². The number of nitrogens with zero attached hydrogens (tertiary/aromatic N) is 2. The van der Waals surface area contributed by atoms with E-state index < -0.39 is 6.10 Å². The number of ether oxygens (including phenoxy) is 2. The van der Waals surface area contributed by atoms with Gasteiger partial charge < -0.3 is 9.47 Å². The Balaban J connectivity index is 1.75. The molecular formula is C12H12N2O3. The topological polar surface area (TPSA) is 51.1 Å². The molecule has 0 bridgehead atoms. The Labute approximate surface area is 98.7 Å². The van der Waals surface area contributed by atoms with Crippen LogP contribution in [-0.4, -0.2) is 42.9 Å². The molecule has 0 aromatic heterocycles. The molecule has 88 valence electrons. The Morgan fingerprint density at radius 1 is 1.35 bits per heavy atom. The highest BCUT2D eigenvalue weighted by molar-refractivity contribution is 5.92. The van der Waals surface area contributed by atoms with E-state index in [1.54, 1.807) is 17.3 Å². The SMILES string of the molecule is O=C(C1COc2ccccc2O1)N1C=NCC1. The Morgan fingerprint density at radius 3 is 2.94 bits per heavy atom. The number of hydrogen-bond donors (Lipinski definition) is 0. The molecule has 0 saturated heterocycles. The Bertz CT molecular complexity index is 473. The molecule has 0 N–H and O–H groups in total. The van der Waals surface area contributed by atoms with E-state index >= 15 is 0 Å². The second-order valence-corrected chi connectivity index (χ2v) is 3.92. The van der Waals surface area contributed by atoms with Crippen molar-refractivity contribution in [1.29, 1.82) is 0 Å². The van der Waals surface area contributed by atoms with Crippen LogP contribution in [0.25, 0.3) is 0 Å². The van der Waals surface area contributed by atoms with E-state index in [1.165, 1.54) is 0 Å². The Morgan fingerprint density at radius 2 is 2.18 bits per heavy atom. The van der Waals surface area contributed by atoms with E-state index in [9.17, 15) is 4.79 Å². The monoisotopic (exact) mass is 232 g/mol. The number of carbonyl (C=O) groups is 1. The first-order valence-corrected chi connectivity index (χ1v) is 5.53. The first-order valence-electron chi connectivity index (χ1n) is 5.53. The highest BCUT2D eigenvalue weighted by Crippen LogP contribution is 2.31. The second kappa shape index (κ2) is 4.08. The number of aliphatic imine (C=N–C) groups is 1. The molecule has 1 unspecified atom stereocenters. The van der Waals surface area contributed by atoms with Crippen LogP contribution in [0.15, 0.2) is 29.3 Å². The van der Waals surface area contributed by atoms with Crippen LogP contribution >= 0.6 is 0 Å². The minimum absolute atomic E-state index is 0.0965. The summed E-state index contributed by atoms with van der Waals surface area (Å²) < 4.78 is 11.1. The summed E-state index contributed by atoms with van der Waals surface area (Å²) in [6.07, 6.45) is 0.987. The molecule has 0 saturated carbocycles. The maximum absolute atomic E-state index is 12.0. The van der Waals surface area contributed by atoms with Gasteiger partial charge in [-0.15, -0.1) is 0 Å². The molecule has 1 aromatic rings. The highest BCUT2D eigenvalue weighted by Gasteiger charge is 2.31. The molecule has 0 fully saturated rings. The standard InChI is InChI=1S/C12H12N2O3/c15-12(14-6-5-13-8-14)11-7-16-9-3-1-2-4-10(9)17-11/h1-4,8,11H,5-7H2. The lowest BCUT2D eigenvalue weighted by Gasteiger charge is -2.27. The molecule has 1 atom stereocenters. The zero-order chi connectivity index (χ0) is 11.7. The van der Waals surface area contributed by atoms with Gasteiger partial charge in [-0.3, -0.25) is 14.7 Å². The highest BCUT2D eigenvalue weighted by atomic mass is 16.6. The van der Waals surface area contributed by atoms with Crippen LogP contribution in [-0.2, 0) is 4.79 Å². The van der Waals surface area contributed by atoms with E-state index in [0.29, 0.717) is 24.6 Å². The van der Waals surface area contributed by atoms with Gasteiger partial charge in [-0.25, -0.2) is 0 Å². The smallest absolute Gasteiger partial charge is 0.272 e. The summed E-state index contributed by atoms with van der Waals surface area (Å²) in [7, 11) is 0. The lowest BCUT2D eigenvalue weighted by Crippen LogP contribution is -2.45. The van der Waals surface area contributed by atoms with Crippen LogP contribution in [0.2, 0.25) is 0 Å². The minimum atomic E-state index is -0.575. The summed E-state index contributed by atoms with van der Waals surface area (Å²) >= 11 is 0.